The molecule has 1 fully saturated rings. The van der Waals surface area contributed by atoms with Gasteiger partial charge in [-0.25, -0.2) is 24.1 Å². The molecule has 0 saturated carbocycles. The highest BCUT2D eigenvalue weighted by molar-refractivity contribution is 5.77. The Kier molecular flexibility index (Phi) is 5.24. The van der Waals surface area contributed by atoms with E-state index in [1.165, 1.54) is 18.5 Å². The van der Waals surface area contributed by atoms with Crippen LogP contribution in [0.5, 0.6) is 0 Å². The standard InChI is InChI=1S/C22H24FN5O2/c1-22(2,3)30-21(29)27-11-9-17(12-27)28-14-26-19(15-4-6-16(23)7-5-15)20(28)18-8-10-24-13-25-18/h4-8,10,13-14,17H,9,11-12H2,1-3H3. The molecule has 0 N–H and O–H groups in total. The van der Waals surface area contributed by atoms with E-state index in [0.29, 0.717) is 18.8 Å². The summed E-state index contributed by atoms with van der Waals surface area (Å²) in [5.74, 6) is -0.300. The number of hydrogen-bond acceptors (Lipinski definition) is 5. The minimum atomic E-state index is -0.536. The van der Waals surface area contributed by atoms with Crippen molar-refractivity contribution in [2.45, 2.75) is 38.8 Å². The Labute approximate surface area is 174 Å². The van der Waals surface area contributed by atoms with Crippen LogP contribution < -0.4 is 0 Å². The predicted octanol–water partition coefficient (Wildman–Crippen LogP) is 4.33. The van der Waals surface area contributed by atoms with Gasteiger partial charge in [-0.2, -0.15) is 0 Å². The Morgan fingerprint density at radius 1 is 1.17 bits per heavy atom. The molecular formula is C22H24FN5O2. The van der Waals surface area contributed by atoms with Gasteiger partial charge < -0.3 is 14.2 Å². The molecule has 0 radical (unpaired) electrons. The number of benzene rings is 1. The lowest BCUT2D eigenvalue weighted by Crippen LogP contribution is -2.35. The molecule has 1 aliphatic heterocycles. The second-order valence-electron chi connectivity index (χ2n) is 8.32. The van der Waals surface area contributed by atoms with E-state index in [4.69, 9.17) is 4.74 Å². The lowest BCUT2D eigenvalue weighted by atomic mass is 10.1. The minimum absolute atomic E-state index is 0.0317. The van der Waals surface area contributed by atoms with E-state index in [1.807, 2.05) is 31.4 Å². The Morgan fingerprint density at radius 2 is 1.93 bits per heavy atom. The summed E-state index contributed by atoms with van der Waals surface area (Å²) in [6.45, 7) is 6.70. The van der Waals surface area contributed by atoms with E-state index in [2.05, 4.69) is 15.0 Å². The summed E-state index contributed by atoms with van der Waals surface area (Å²) in [5.41, 5.74) is 2.51. The molecule has 0 aliphatic carbocycles. The third kappa shape index (κ3) is 4.17. The molecule has 0 spiro atoms. The third-order valence-electron chi connectivity index (χ3n) is 4.94. The van der Waals surface area contributed by atoms with Gasteiger partial charge in [0.1, 0.15) is 17.7 Å². The smallest absolute Gasteiger partial charge is 0.410 e. The van der Waals surface area contributed by atoms with Gasteiger partial charge in [-0.15, -0.1) is 0 Å². The summed E-state index contributed by atoms with van der Waals surface area (Å²) < 4.78 is 21.0. The topological polar surface area (TPSA) is 73.1 Å². The molecule has 8 heteroatoms. The van der Waals surface area contributed by atoms with Gasteiger partial charge in [-0.1, -0.05) is 0 Å². The summed E-state index contributed by atoms with van der Waals surface area (Å²) >= 11 is 0. The van der Waals surface area contributed by atoms with Crippen LogP contribution in [0.2, 0.25) is 0 Å². The lowest BCUT2D eigenvalue weighted by molar-refractivity contribution is 0.0289. The fourth-order valence-corrected chi connectivity index (χ4v) is 3.60. The van der Waals surface area contributed by atoms with E-state index in [9.17, 15) is 9.18 Å². The number of carbonyl (C=O) groups is 1. The molecule has 0 bridgehead atoms. The van der Waals surface area contributed by atoms with Crippen LogP contribution in [0.4, 0.5) is 9.18 Å². The van der Waals surface area contributed by atoms with Crippen molar-refractivity contribution < 1.29 is 13.9 Å². The maximum absolute atomic E-state index is 13.4. The molecule has 7 nitrogen and oxygen atoms in total. The number of amides is 1. The first kappa shape index (κ1) is 20.0. The molecule has 1 saturated heterocycles. The molecule has 1 atom stereocenters. The van der Waals surface area contributed by atoms with Crippen LogP contribution in [0, 0.1) is 5.82 Å². The van der Waals surface area contributed by atoms with Crippen molar-refractivity contribution in [3.05, 3.63) is 55.0 Å². The number of likely N-dealkylation sites (tertiary alicyclic amines) is 1. The SMILES string of the molecule is CC(C)(C)OC(=O)N1CCC(n2cnc(-c3ccc(F)cc3)c2-c2ccncn2)C1. The fourth-order valence-electron chi connectivity index (χ4n) is 3.60. The van der Waals surface area contributed by atoms with Crippen molar-refractivity contribution in [1.82, 2.24) is 24.4 Å². The number of rotatable bonds is 3. The van der Waals surface area contributed by atoms with Crippen LogP contribution >= 0.6 is 0 Å². The Balaban J connectivity index is 1.67. The fraction of sp³-hybridized carbons (Fsp3) is 0.364. The van der Waals surface area contributed by atoms with E-state index < -0.39 is 5.60 Å². The molecule has 2 aromatic heterocycles. The Bertz CT molecular complexity index is 1030. The molecule has 1 unspecified atom stereocenters. The van der Waals surface area contributed by atoms with Crippen molar-refractivity contribution >= 4 is 6.09 Å². The monoisotopic (exact) mass is 409 g/mol. The van der Waals surface area contributed by atoms with Gasteiger partial charge in [-0.05, 0) is 57.5 Å². The van der Waals surface area contributed by atoms with Gasteiger partial charge >= 0.3 is 6.09 Å². The molecule has 3 aromatic rings. The Morgan fingerprint density at radius 3 is 2.60 bits per heavy atom. The maximum atomic E-state index is 13.4. The number of aromatic nitrogens is 4. The van der Waals surface area contributed by atoms with Gasteiger partial charge in [0, 0.05) is 24.8 Å². The first-order chi connectivity index (χ1) is 14.3. The average Bonchev–Trinajstić information content (AvgIpc) is 3.35. The van der Waals surface area contributed by atoms with Crippen LogP contribution in [-0.4, -0.2) is 49.2 Å². The molecule has 1 aromatic carbocycles. The third-order valence-corrected chi connectivity index (χ3v) is 4.94. The highest BCUT2D eigenvalue weighted by atomic mass is 19.1. The highest BCUT2D eigenvalue weighted by Crippen LogP contribution is 2.35. The summed E-state index contributed by atoms with van der Waals surface area (Å²) in [7, 11) is 0. The number of ether oxygens (including phenoxy) is 1. The molecule has 4 rings (SSSR count). The van der Waals surface area contributed by atoms with Gasteiger partial charge in [0.25, 0.3) is 0 Å². The van der Waals surface area contributed by atoms with Crippen molar-refractivity contribution in [2.75, 3.05) is 13.1 Å². The van der Waals surface area contributed by atoms with Crippen LogP contribution in [0.1, 0.15) is 33.2 Å². The van der Waals surface area contributed by atoms with E-state index in [0.717, 1.165) is 23.4 Å². The molecule has 156 valence electrons. The van der Waals surface area contributed by atoms with E-state index >= 15 is 0 Å². The second-order valence-corrected chi connectivity index (χ2v) is 8.32. The zero-order chi connectivity index (χ0) is 21.3. The number of nitrogens with zero attached hydrogens (tertiary/aromatic N) is 5. The summed E-state index contributed by atoms with van der Waals surface area (Å²) in [4.78, 5) is 27.2. The molecule has 1 amide bonds. The summed E-state index contributed by atoms with van der Waals surface area (Å²) in [6.07, 6.45) is 5.39. The normalized spacial score (nSPS) is 16.7. The second kappa shape index (κ2) is 7.85. The predicted molar refractivity (Wildman–Crippen MR) is 110 cm³/mol. The largest absolute Gasteiger partial charge is 0.444 e. The van der Waals surface area contributed by atoms with Gasteiger partial charge in [0.05, 0.1) is 29.5 Å². The van der Waals surface area contributed by atoms with Crippen molar-refractivity contribution in [3.63, 3.8) is 0 Å². The van der Waals surface area contributed by atoms with Crippen LogP contribution in [0.25, 0.3) is 22.6 Å². The summed E-state index contributed by atoms with van der Waals surface area (Å²) in [5, 5.41) is 0. The van der Waals surface area contributed by atoms with Crippen molar-refractivity contribution in [3.8, 4) is 22.6 Å². The van der Waals surface area contributed by atoms with Gasteiger partial charge in [-0.3, -0.25) is 0 Å². The zero-order valence-electron chi connectivity index (χ0n) is 17.2. The highest BCUT2D eigenvalue weighted by Gasteiger charge is 2.32. The van der Waals surface area contributed by atoms with Crippen molar-refractivity contribution in [1.29, 1.82) is 0 Å². The van der Waals surface area contributed by atoms with Crippen LogP contribution in [0.3, 0.4) is 0 Å². The van der Waals surface area contributed by atoms with Crippen LogP contribution in [0.15, 0.2) is 49.2 Å². The van der Waals surface area contributed by atoms with Crippen LogP contribution in [-0.2, 0) is 4.74 Å². The first-order valence-corrected chi connectivity index (χ1v) is 9.89. The number of imidazole rings is 1. The maximum Gasteiger partial charge on any atom is 0.410 e. The van der Waals surface area contributed by atoms with Gasteiger partial charge in [0.15, 0.2) is 0 Å². The number of hydrogen-bond donors (Lipinski definition) is 0. The summed E-state index contributed by atoms with van der Waals surface area (Å²) in [6, 6.07) is 8.09. The average molecular weight is 409 g/mol. The quantitative estimate of drug-likeness (QED) is 0.644. The molecule has 3 heterocycles. The molecule has 1 aliphatic rings. The zero-order valence-corrected chi connectivity index (χ0v) is 17.2. The van der Waals surface area contributed by atoms with Crippen molar-refractivity contribution in [2.24, 2.45) is 0 Å². The van der Waals surface area contributed by atoms with E-state index in [-0.39, 0.29) is 18.0 Å². The number of carbonyl (C=O) groups excluding carboxylic acids is 1. The lowest BCUT2D eigenvalue weighted by Gasteiger charge is -2.24. The number of halogens is 1. The molecular weight excluding hydrogens is 385 g/mol. The minimum Gasteiger partial charge on any atom is -0.444 e. The first-order valence-electron chi connectivity index (χ1n) is 9.89. The molecule has 30 heavy (non-hydrogen) atoms. The van der Waals surface area contributed by atoms with E-state index in [1.54, 1.807) is 29.6 Å². The Hall–Kier alpha value is -3.29. The van der Waals surface area contributed by atoms with Gasteiger partial charge in [0.2, 0.25) is 0 Å².